The minimum absolute atomic E-state index is 0.745. The Kier molecular flexibility index (Phi) is 5.13. The highest BCUT2D eigenvalue weighted by atomic mass is 15.4. The minimum Gasteiger partial charge on any atom is -0.316 e. The SMILES string of the molecule is CC(C)CNCC1CCN(CCn2ccnn2)C1. The van der Waals surface area contributed by atoms with Crippen LogP contribution in [0.25, 0.3) is 0 Å². The predicted octanol–water partition coefficient (Wildman–Crippen LogP) is 0.846. The lowest BCUT2D eigenvalue weighted by Crippen LogP contribution is -2.30. The molecule has 1 aromatic rings. The summed E-state index contributed by atoms with van der Waals surface area (Å²) >= 11 is 0. The molecule has 1 aliphatic rings. The quantitative estimate of drug-likeness (QED) is 0.780. The summed E-state index contributed by atoms with van der Waals surface area (Å²) in [5.74, 6) is 1.56. The molecule has 1 N–H and O–H groups in total. The molecule has 0 amide bonds. The maximum absolute atomic E-state index is 3.99. The molecule has 1 aliphatic heterocycles. The largest absolute Gasteiger partial charge is 0.316 e. The second-order valence-corrected chi connectivity index (χ2v) is 5.67. The lowest BCUT2D eigenvalue weighted by Gasteiger charge is -2.16. The molecule has 1 unspecified atom stereocenters. The van der Waals surface area contributed by atoms with Gasteiger partial charge in [-0.1, -0.05) is 19.1 Å². The van der Waals surface area contributed by atoms with Crippen molar-refractivity contribution in [1.29, 1.82) is 0 Å². The highest BCUT2D eigenvalue weighted by molar-refractivity contribution is 4.77. The molecule has 1 fully saturated rings. The summed E-state index contributed by atoms with van der Waals surface area (Å²) in [6.07, 6.45) is 4.99. The number of hydrogen-bond donors (Lipinski definition) is 1. The molecule has 2 rings (SSSR count). The summed E-state index contributed by atoms with van der Waals surface area (Å²) in [6, 6.07) is 0. The minimum atomic E-state index is 0.745. The van der Waals surface area contributed by atoms with Crippen molar-refractivity contribution >= 4 is 0 Å². The lowest BCUT2D eigenvalue weighted by molar-refractivity contribution is 0.300. The average Bonchev–Trinajstić information content (AvgIpc) is 2.96. The first-order valence-electron chi connectivity index (χ1n) is 7.01. The molecule has 0 aliphatic carbocycles. The Balaban J connectivity index is 1.59. The van der Waals surface area contributed by atoms with Gasteiger partial charge in [0.25, 0.3) is 0 Å². The van der Waals surface area contributed by atoms with Gasteiger partial charge in [0.1, 0.15) is 0 Å². The van der Waals surface area contributed by atoms with E-state index in [-0.39, 0.29) is 0 Å². The normalized spacial score (nSPS) is 20.9. The number of aromatic nitrogens is 3. The topological polar surface area (TPSA) is 46.0 Å². The van der Waals surface area contributed by atoms with E-state index in [9.17, 15) is 0 Å². The van der Waals surface area contributed by atoms with Crippen molar-refractivity contribution in [3.8, 4) is 0 Å². The second-order valence-electron chi connectivity index (χ2n) is 5.67. The molecule has 5 nitrogen and oxygen atoms in total. The summed E-state index contributed by atoms with van der Waals surface area (Å²) in [5, 5.41) is 11.4. The van der Waals surface area contributed by atoms with Gasteiger partial charge in [-0.3, -0.25) is 4.68 Å². The van der Waals surface area contributed by atoms with Crippen LogP contribution >= 0.6 is 0 Å². The zero-order valence-electron chi connectivity index (χ0n) is 11.5. The van der Waals surface area contributed by atoms with Crippen molar-refractivity contribution < 1.29 is 0 Å². The van der Waals surface area contributed by atoms with E-state index in [2.05, 4.69) is 34.4 Å². The molecule has 1 aromatic heterocycles. The van der Waals surface area contributed by atoms with E-state index in [1.165, 1.54) is 19.5 Å². The number of likely N-dealkylation sites (tertiary alicyclic amines) is 1. The molecule has 0 saturated carbocycles. The van der Waals surface area contributed by atoms with E-state index >= 15 is 0 Å². The Morgan fingerprint density at radius 1 is 1.39 bits per heavy atom. The first kappa shape index (κ1) is 13.5. The highest BCUT2D eigenvalue weighted by Gasteiger charge is 2.21. The Labute approximate surface area is 110 Å². The number of nitrogens with zero attached hydrogens (tertiary/aromatic N) is 4. The summed E-state index contributed by atoms with van der Waals surface area (Å²) in [5.41, 5.74) is 0. The van der Waals surface area contributed by atoms with Gasteiger partial charge >= 0.3 is 0 Å². The van der Waals surface area contributed by atoms with Gasteiger partial charge in [0.05, 0.1) is 12.7 Å². The van der Waals surface area contributed by atoms with Crippen LogP contribution in [0.2, 0.25) is 0 Å². The molecule has 1 saturated heterocycles. The van der Waals surface area contributed by atoms with E-state index in [1.807, 2.05) is 10.9 Å². The third kappa shape index (κ3) is 4.38. The number of rotatable bonds is 7. The van der Waals surface area contributed by atoms with Crippen LogP contribution in [0.3, 0.4) is 0 Å². The fourth-order valence-corrected chi connectivity index (χ4v) is 2.45. The van der Waals surface area contributed by atoms with Crippen molar-refractivity contribution in [2.75, 3.05) is 32.7 Å². The van der Waals surface area contributed by atoms with Crippen LogP contribution in [0.15, 0.2) is 12.4 Å². The van der Waals surface area contributed by atoms with Crippen molar-refractivity contribution in [3.05, 3.63) is 12.4 Å². The molecule has 2 heterocycles. The predicted molar refractivity (Wildman–Crippen MR) is 72.3 cm³/mol. The van der Waals surface area contributed by atoms with E-state index < -0.39 is 0 Å². The molecule has 18 heavy (non-hydrogen) atoms. The van der Waals surface area contributed by atoms with Crippen LogP contribution in [0, 0.1) is 11.8 Å². The summed E-state index contributed by atoms with van der Waals surface area (Å²) < 4.78 is 1.91. The Hall–Kier alpha value is -0.940. The zero-order chi connectivity index (χ0) is 12.8. The third-order valence-corrected chi connectivity index (χ3v) is 3.47. The number of nitrogens with one attached hydrogen (secondary N) is 1. The maximum Gasteiger partial charge on any atom is 0.0692 e. The van der Waals surface area contributed by atoms with E-state index in [0.717, 1.165) is 38.0 Å². The van der Waals surface area contributed by atoms with E-state index in [1.54, 1.807) is 6.20 Å². The summed E-state index contributed by atoms with van der Waals surface area (Å²) in [6.45, 7) is 11.3. The van der Waals surface area contributed by atoms with Crippen molar-refractivity contribution in [3.63, 3.8) is 0 Å². The molecular formula is C13H25N5. The zero-order valence-corrected chi connectivity index (χ0v) is 11.5. The monoisotopic (exact) mass is 251 g/mol. The first-order chi connectivity index (χ1) is 8.74. The molecular weight excluding hydrogens is 226 g/mol. The smallest absolute Gasteiger partial charge is 0.0692 e. The van der Waals surface area contributed by atoms with E-state index in [0.29, 0.717) is 0 Å². The van der Waals surface area contributed by atoms with Gasteiger partial charge in [0, 0.05) is 19.3 Å². The van der Waals surface area contributed by atoms with Crippen molar-refractivity contribution in [2.45, 2.75) is 26.8 Å². The van der Waals surface area contributed by atoms with Gasteiger partial charge in [-0.2, -0.15) is 0 Å². The number of hydrogen-bond acceptors (Lipinski definition) is 4. The Morgan fingerprint density at radius 2 is 2.28 bits per heavy atom. The van der Waals surface area contributed by atoms with Crippen molar-refractivity contribution in [2.24, 2.45) is 11.8 Å². The maximum atomic E-state index is 3.99. The fourth-order valence-electron chi connectivity index (χ4n) is 2.45. The first-order valence-corrected chi connectivity index (χ1v) is 7.01. The van der Waals surface area contributed by atoms with E-state index in [4.69, 9.17) is 0 Å². The molecule has 0 aromatic carbocycles. The Morgan fingerprint density at radius 3 is 3.00 bits per heavy atom. The highest BCUT2D eigenvalue weighted by Crippen LogP contribution is 2.15. The molecule has 102 valence electrons. The van der Waals surface area contributed by atoms with Gasteiger partial charge in [0.15, 0.2) is 0 Å². The molecule has 0 bridgehead atoms. The fraction of sp³-hybridized carbons (Fsp3) is 0.846. The standard InChI is InChI=1S/C13H25N5/c1-12(2)9-14-10-13-3-5-17(11-13)7-8-18-6-4-15-16-18/h4,6,12-14H,3,5,7-11H2,1-2H3. The molecule has 1 atom stereocenters. The van der Waals surface area contributed by atoms with Gasteiger partial charge in [-0.25, -0.2) is 0 Å². The van der Waals surface area contributed by atoms with Crippen molar-refractivity contribution in [1.82, 2.24) is 25.2 Å². The van der Waals surface area contributed by atoms with Gasteiger partial charge in [-0.15, -0.1) is 5.10 Å². The van der Waals surface area contributed by atoms with Crippen LogP contribution in [0.5, 0.6) is 0 Å². The lowest BCUT2D eigenvalue weighted by atomic mass is 10.1. The van der Waals surface area contributed by atoms with Crippen LogP contribution in [0.4, 0.5) is 0 Å². The molecule has 5 heteroatoms. The summed E-state index contributed by atoms with van der Waals surface area (Å²) in [4.78, 5) is 2.53. The van der Waals surface area contributed by atoms with Gasteiger partial charge < -0.3 is 10.2 Å². The summed E-state index contributed by atoms with van der Waals surface area (Å²) in [7, 11) is 0. The van der Waals surface area contributed by atoms with Crippen LogP contribution < -0.4 is 5.32 Å². The van der Waals surface area contributed by atoms with Gasteiger partial charge in [-0.05, 0) is 37.9 Å². The molecule has 0 radical (unpaired) electrons. The Bertz CT molecular complexity index is 322. The third-order valence-electron chi connectivity index (χ3n) is 3.47. The van der Waals surface area contributed by atoms with Crippen LogP contribution in [-0.4, -0.2) is 52.6 Å². The van der Waals surface area contributed by atoms with Gasteiger partial charge in [0.2, 0.25) is 0 Å². The average molecular weight is 251 g/mol. The van der Waals surface area contributed by atoms with Crippen LogP contribution in [-0.2, 0) is 6.54 Å². The second kappa shape index (κ2) is 6.85. The van der Waals surface area contributed by atoms with Crippen LogP contribution in [0.1, 0.15) is 20.3 Å². The molecule has 0 spiro atoms.